The Balaban J connectivity index is 1.61. The van der Waals surface area contributed by atoms with Gasteiger partial charge in [-0.1, -0.05) is 12.1 Å². The molecule has 0 aromatic heterocycles. The first-order chi connectivity index (χ1) is 13.9. The summed E-state index contributed by atoms with van der Waals surface area (Å²) in [5.74, 6) is 0.652. The molecule has 4 nitrogen and oxygen atoms in total. The van der Waals surface area contributed by atoms with Crippen molar-refractivity contribution in [1.29, 1.82) is 0 Å². The standard InChI is InChI=1S/C21H23F4N3O/c1-14-15(3-2-4-17(14)21(23,24)25)11-19-18(12-22)26-20-6-5-16(13-28(19)20)27-7-9-29-10-8-27/h2-6,13,18-19H,7-12H2,1H3. The molecule has 0 aliphatic carbocycles. The van der Waals surface area contributed by atoms with Crippen molar-refractivity contribution in [3.05, 3.63) is 58.9 Å². The summed E-state index contributed by atoms with van der Waals surface area (Å²) in [6.07, 6.45) is 1.62. The SMILES string of the molecule is Cc1c(CC2C(CF)N=C3C=CC(N4CCOCC4)=CN32)cccc1C(F)(F)F. The predicted octanol–water partition coefficient (Wildman–Crippen LogP) is 3.72. The highest BCUT2D eigenvalue weighted by Crippen LogP contribution is 2.35. The Morgan fingerprint density at radius 2 is 1.93 bits per heavy atom. The van der Waals surface area contributed by atoms with Crippen LogP contribution in [0.1, 0.15) is 16.7 Å². The lowest BCUT2D eigenvalue weighted by Crippen LogP contribution is -2.42. The van der Waals surface area contributed by atoms with Gasteiger partial charge in [-0.3, -0.25) is 4.99 Å². The number of benzene rings is 1. The van der Waals surface area contributed by atoms with E-state index < -0.39 is 24.5 Å². The van der Waals surface area contributed by atoms with Gasteiger partial charge in [0.25, 0.3) is 0 Å². The molecule has 0 bridgehead atoms. The van der Waals surface area contributed by atoms with E-state index in [2.05, 4.69) is 9.89 Å². The normalized spacial score (nSPS) is 24.4. The number of hydrogen-bond acceptors (Lipinski definition) is 4. The summed E-state index contributed by atoms with van der Waals surface area (Å²) < 4.78 is 59.0. The monoisotopic (exact) mass is 409 g/mol. The number of aliphatic imine (C=N–C) groups is 1. The van der Waals surface area contributed by atoms with E-state index in [1.807, 2.05) is 23.3 Å². The maximum Gasteiger partial charge on any atom is 0.416 e. The molecule has 0 saturated carbocycles. The van der Waals surface area contributed by atoms with Crippen molar-refractivity contribution in [2.75, 3.05) is 33.0 Å². The van der Waals surface area contributed by atoms with Gasteiger partial charge in [-0.2, -0.15) is 13.2 Å². The van der Waals surface area contributed by atoms with Crippen molar-refractivity contribution in [3.8, 4) is 0 Å². The number of amidine groups is 1. The largest absolute Gasteiger partial charge is 0.416 e. The minimum absolute atomic E-state index is 0.191. The van der Waals surface area contributed by atoms with Crippen molar-refractivity contribution in [1.82, 2.24) is 9.80 Å². The van der Waals surface area contributed by atoms with Crippen LogP contribution in [0.15, 0.2) is 47.2 Å². The minimum atomic E-state index is -4.41. The number of halogens is 4. The second kappa shape index (κ2) is 7.82. The minimum Gasteiger partial charge on any atom is -0.378 e. The summed E-state index contributed by atoms with van der Waals surface area (Å²) >= 11 is 0. The van der Waals surface area contributed by atoms with Crippen LogP contribution in [0.2, 0.25) is 0 Å². The highest BCUT2D eigenvalue weighted by atomic mass is 19.4. The molecule has 3 heterocycles. The van der Waals surface area contributed by atoms with E-state index in [0.29, 0.717) is 24.6 Å². The summed E-state index contributed by atoms with van der Waals surface area (Å²) in [4.78, 5) is 8.56. The van der Waals surface area contributed by atoms with Gasteiger partial charge < -0.3 is 14.5 Å². The summed E-state index contributed by atoms with van der Waals surface area (Å²) in [6.45, 7) is 3.64. The average Bonchev–Trinajstić information content (AvgIpc) is 3.06. The first-order valence-electron chi connectivity index (χ1n) is 9.69. The quantitative estimate of drug-likeness (QED) is 0.710. The Labute approximate surface area is 167 Å². The van der Waals surface area contributed by atoms with E-state index in [9.17, 15) is 17.6 Å². The second-order valence-electron chi connectivity index (χ2n) is 7.46. The number of fused-ring (bicyclic) bond motifs is 1. The highest BCUT2D eigenvalue weighted by Gasteiger charge is 2.38. The fraction of sp³-hybridized carbons (Fsp3) is 0.476. The Kier molecular flexibility index (Phi) is 5.38. The van der Waals surface area contributed by atoms with Gasteiger partial charge in [0.15, 0.2) is 0 Å². The number of allylic oxidation sites excluding steroid dienone is 1. The fourth-order valence-electron chi connectivity index (χ4n) is 4.13. The predicted molar refractivity (Wildman–Crippen MR) is 102 cm³/mol. The molecule has 1 saturated heterocycles. The van der Waals surface area contributed by atoms with E-state index in [0.717, 1.165) is 24.9 Å². The molecule has 1 fully saturated rings. The van der Waals surface area contributed by atoms with Crippen molar-refractivity contribution >= 4 is 5.84 Å². The zero-order valence-electron chi connectivity index (χ0n) is 16.1. The number of ether oxygens (including phenoxy) is 1. The van der Waals surface area contributed by atoms with Crippen LogP contribution in [0.5, 0.6) is 0 Å². The molecular formula is C21H23F4N3O. The van der Waals surface area contributed by atoms with Crippen LogP contribution >= 0.6 is 0 Å². The molecule has 1 aromatic rings. The van der Waals surface area contributed by atoms with Crippen molar-refractivity contribution in [3.63, 3.8) is 0 Å². The van der Waals surface area contributed by atoms with E-state index in [1.165, 1.54) is 13.0 Å². The van der Waals surface area contributed by atoms with E-state index in [-0.39, 0.29) is 18.0 Å². The smallest absolute Gasteiger partial charge is 0.378 e. The van der Waals surface area contributed by atoms with E-state index in [4.69, 9.17) is 4.74 Å². The van der Waals surface area contributed by atoms with Crippen molar-refractivity contribution in [2.24, 2.45) is 4.99 Å². The molecule has 3 aliphatic rings. The summed E-state index contributed by atoms with van der Waals surface area (Å²) in [6, 6.07) is 3.21. The summed E-state index contributed by atoms with van der Waals surface area (Å²) in [5.41, 5.74) is 1.10. The summed E-state index contributed by atoms with van der Waals surface area (Å²) in [5, 5.41) is 0. The van der Waals surface area contributed by atoms with E-state index >= 15 is 0 Å². The Hall–Kier alpha value is -2.35. The van der Waals surface area contributed by atoms with Gasteiger partial charge in [-0.05, 0) is 42.7 Å². The lowest BCUT2D eigenvalue weighted by molar-refractivity contribution is -0.138. The number of hydrogen-bond donors (Lipinski definition) is 0. The fourth-order valence-corrected chi connectivity index (χ4v) is 4.13. The van der Waals surface area contributed by atoms with Crippen LogP contribution in [0.3, 0.4) is 0 Å². The van der Waals surface area contributed by atoms with Gasteiger partial charge in [0.05, 0.1) is 30.5 Å². The zero-order valence-corrected chi connectivity index (χ0v) is 16.1. The molecule has 29 heavy (non-hydrogen) atoms. The number of alkyl halides is 4. The number of morpholine rings is 1. The Morgan fingerprint density at radius 1 is 1.17 bits per heavy atom. The lowest BCUT2D eigenvalue weighted by Gasteiger charge is -2.34. The number of nitrogens with zero attached hydrogens (tertiary/aromatic N) is 3. The highest BCUT2D eigenvalue weighted by molar-refractivity contribution is 5.97. The Bertz CT molecular complexity index is 856. The Morgan fingerprint density at radius 3 is 2.62 bits per heavy atom. The molecule has 0 radical (unpaired) electrons. The zero-order chi connectivity index (χ0) is 20.6. The van der Waals surface area contributed by atoms with Crippen LogP contribution in [0, 0.1) is 6.92 Å². The third-order valence-corrected chi connectivity index (χ3v) is 5.75. The molecule has 8 heteroatoms. The van der Waals surface area contributed by atoms with Gasteiger partial charge in [0.1, 0.15) is 18.6 Å². The van der Waals surface area contributed by atoms with Crippen LogP contribution in [-0.2, 0) is 17.3 Å². The first-order valence-corrected chi connectivity index (χ1v) is 9.69. The van der Waals surface area contributed by atoms with Crippen LogP contribution in [-0.4, -0.2) is 60.7 Å². The van der Waals surface area contributed by atoms with Crippen molar-refractivity contribution in [2.45, 2.75) is 31.6 Å². The van der Waals surface area contributed by atoms with Gasteiger partial charge >= 0.3 is 6.18 Å². The molecule has 0 N–H and O–H groups in total. The molecule has 0 spiro atoms. The maximum atomic E-state index is 13.7. The summed E-state index contributed by atoms with van der Waals surface area (Å²) in [7, 11) is 0. The third-order valence-electron chi connectivity index (χ3n) is 5.75. The molecular weight excluding hydrogens is 386 g/mol. The van der Waals surface area contributed by atoms with Gasteiger partial charge in [-0.25, -0.2) is 4.39 Å². The number of rotatable bonds is 4. The molecule has 0 amide bonds. The van der Waals surface area contributed by atoms with Crippen LogP contribution in [0.4, 0.5) is 17.6 Å². The topological polar surface area (TPSA) is 28.1 Å². The second-order valence-corrected chi connectivity index (χ2v) is 7.46. The molecule has 2 atom stereocenters. The molecule has 1 aromatic carbocycles. The first kappa shape index (κ1) is 19.9. The van der Waals surface area contributed by atoms with Crippen LogP contribution < -0.4 is 0 Å². The van der Waals surface area contributed by atoms with Crippen LogP contribution in [0.25, 0.3) is 0 Å². The lowest BCUT2D eigenvalue weighted by atomic mass is 9.93. The van der Waals surface area contributed by atoms with E-state index in [1.54, 1.807) is 6.07 Å². The third kappa shape index (κ3) is 3.90. The van der Waals surface area contributed by atoms with Crippen molar-refractivity contribution < 1.29 is 22.3 Å². The van der Waals surface area contributed by atoms with Gasteiger partial charge in [0.2, 0.25) is 0 Å². The molecule has 3 aliphatic heterocycles. The maximum absolute atomic E-state index is 13.7. The molecule has 156 valence electrons. The van der Waals surface area contributed by atoms with Gasteiger partial charge in [0, 0.05) is 19.3 Å². The molecule has 2 unspecified atom stereocenters. The average molecular weight is 409 g/mol. The molecule has 4 rings (SSSR count). The van der Waals surface area contributed by atoms with Gasteiger partial charge in [-0.15, -0.1) is 0 Å².